The second-order valence-corrected chi connectivity index (χ2v) is 7.04. The molecule has 3 rings (SSSR count). The zero-order valence-electron chi connectivity index (χ0n) is 11.4. The van der Waals surface area contributed by atoms with Crippen LogP contribution >= 0.6 is 0 Å². The van der Waals surface area contributed by atoms with Gasteiger partial charge in [-0.05, 0) is 19.8 Å². The predicted molar refractivity (Wildman–Crippen MR) is 70.5 cm³/mol. The van der Waals surface area contributed by atoms with Crippen LogP contribution in [0.5, 0.6) is 0 Å². The van der Waals surface area contributed by atoms with Crippen molar-refractivity contribution in [1.82, 2.24) is 14.9 Å². The Balaban J connectivity index is 1.64. The molecule has 1 saturated heterocycles. The summed E-state index contributed by atoms with van der Waals surface area (Å²) in [5, 5.41) is 6.40. The van der Waals surface area contributed by atoms with Crippen molar-refractivity contribution in [3.8, 4) is 0 Å². The maximum atomic E-state index is 12.3. The first kappa shape index (κ1) is 14.0. The Morgan fingerprint density at radius 3 is 2.55 bits per heavy atom. The minimum atomic E-state index is -3.51. The lowest BCUT2D eigenvalue weighted by molar-refractivity contribution is -0.178. The fourth-order valence-corrected chi connectivity index (χ4v) is 4.30. The first-order chi connectivity index (χ1) is 9.51. The number of H-pyrrole nitrogens is 1. The van der Waals surface area contributed by atoms with Crippen LogP contribution in [0.15, 0.2) is 11.1 Å². The number of aromatic amines is 1. The number of rotatable bonds is 3. The van der Waals surface area contributed by atoms with Gasteiger partial charge in [0.15, 0.2) is 5.79 Å². The third kappa shape index (κ3) is 2.60. The molecule has 1 aliphatic carbocycles. The number of aromatic nitrogens is 2. The monoisotopic (exact) mass is 301 g/mol. The number of nitrogens with one attached hydrogen (secondary N) is 2. The third-order valence-corrected chi connectivity index (χ3v) is 5.59. The molecule has 2 fully saturated rings. The number of aryl methyl sites for hydroxylation is 1. The zero-order chi connectivity index (χ0) is 14.2. The van der Waals surface area contributed by atoms with Gasteiger partial charge in [0.05, 0.1) is 25.1 Å². The van der Waals surface area contributed by atoms with E-state index in [0.717, 1.165) is 25.7 Å². The molecule has 2 aliphatic rings. The topological polar surface area (TPSA) is 93.3 Å². The largest absolute Gasteiger partial charge is 0.348 e. The van der Waals surface area contributed by atoms with Gasteiger partial charge in [0.25, 0.3) is 0 Å². The van der Waals surface area contributed by atoms with E-state index in [2.05, 4.69) is 14.9 Å². The Bertz CT molecular complexity index is 567. The highest BCUT2D eigenvalue weighted by molar-refractivity contribution is 7.89. The number of hydrogen-bond acceptors (Lipinski definition) is 5. The van der Waals surface area contributed by atoms with E-state index in [1.54, 1.807) is 6.92 Å². The molecule has 0 bridgehead atoms. The second-order valence-electron chi connectivity index (χ2n) is 5.36. The summed E-state index contributed by atoms with van der Waals surface area (Å²) in [6.45, 7) is 2.95. The summed E-state index contributed by atoms with van der Waals surface area (Å²) in [6, 6.07) is -0.0762. The van der Waals surface area contributed by atoms with Crippen molar-refractivity contribution in [2.24, 2.45) is 0 Å². The lowest BCUT2D eigenvalue weighted by atomic mass is 9.91. The first-order valence-electron chi connectivity index (χ1n) is 6.81. The Labute approximate surface area is 118 Å². The minimum absolute atomic E-state index is 0.0762. The van der Waals surface area contributed by atoms with Gasteiger partial charge in [0, 0.05) is 18.9 Å². The molecule has 1 aromatic rings. The van der Waals surface area contributed by atoms with Crippen molar-refractivity contribution >= 4 is 10.0 Å². The average molecular weight is 301 g/mol. The molecule has 1 saturated carbocycles. The van der Waals surface area contributed by atoms with Crippen LogP contribution in [0.2, 0.25) is 0 Å². The van der Waals surface area contributed by atoms with Gasteiger partial charge in [0.1, 0.15) is 4.90 Å². The van der Waals surface area contributed by atoms with Crippen molar-refractivity contribution < 1.29 is 17.9 Å². The number of nitrogens with zero attached hydrogens (tertiary/aromatic N) is 1. The van der Waals surface area contributed by atoms with Crippen molar-refractivity contribution in [3.63, 3.8) is 0 Å². The highest BCUT2D eigenvalue weighted by Crippen LogP contribution is 2.36. The summed E-state index contributed by atoms with van der Waals surface area (Å²) in [6.07, 6.45) is 4.23. The second kappa shape index (κ2) is 5.10. The van der Waals surface area contributed by atoms with Gasteiger partial charge in [-0.1, -0.05) is 0 Å². The van der Waals surface area contributed by atoms with Crippen LogP contribution in [-0.4, -0.2) is 43.7 Å². The SMILES string of the molecule is Cc1[nH]ncc1S(=O)(=O)NC1CCC2(CC1)OCCO2. The lowest BCUT2D eigenvalue weighted by Crippen LogP contribution is -2.44. The molecule has 7 nitrogen and oxygen atoms in total. The molecule has 0 atom stereocenters. The number of sulfonamides is 1. The maximum Gasteiger partial charge on any atom is 0.244 e. The fraction of sp³-hybridized carbons (Fsp3) is 0.750. The van der Waals surface area contributed by atoms with E-state index >= 15 is 0 Å². The normalized spacial score (nSPS) is 23.4. The standard InChI is InChI=1S/C12H19N3O4S/c1-9-11(8-13-14-9)20(16,17)15-10-2-4-12(5-3-10)18-6-7-19-12/h8,10,15H,2-7H2,1H3,(H,13,14). The fourth-order valence-electron chi connectivity index (χ4n) is 2.85. The zero-order valence-corrected chi connectivity index (χ0v) is 12.2. The summed E-state index contributed by atoms with van der Waals surface area (Å²) in [7, 11) is -3.51. The molecule has 20 heavy (non-hydrogen) atoms. The van der Waals surface area contributed by atoms with Crippen LogP contribution in [0.3, 0.4) is 0 Å². The first-order valence-corrected chi connectivity index (χ1v) is 8.29. The molecule has 2 N–H and O–H groups in total. The molecule has 2 heterocycles. The lowest BCUT2D eigenvalue weighted by Gasteiger charge is -2.35. The van der Waals surface area contributed by atoms with Crippen LogP contribution in [-0.2, 0) is 19.5 Å². The maximum absolute atomic E-state index is 12.3. The summed E-state index contributed by atoms with van der Waals surface area (Å²) < 4.78 is 38.5. The van der Waals surface area contributed by atoms with Gasteiger partial charge in [-0.2, -0.15) is 5.10 Å². The molecule has 0 aromatic carbocycles. The van der Waals surface area contributed by atoms with E-state index in [1.807, 2.05) is 0 Å². The van der Waals surface area contributed by atoms with Crippen LogP contribution in [0.1, 0.15) is 31.4 Å². The van der Waals surface area contributed by atoms with Crippen LogP contribution in [0, 0.1) is 6.92 Å². The molecule has 8 heteroatoms. The minimum Gasteiger partial charge on any atom is -0.348 e. The van der Waals surface area contributed by atoms with Gasteiger partial charge in [-0.25, -0.2) is 13.1 Å². The molecule has 1 aromatic heterocycles. The Morgan fingerprint density at radius 1 is 1.35 bits per heavy atom. The van der Waals surface area contributed by atoms with E-state index in [1.165, 1.54) is 6.20 Å². The van der Waals surface area contributed by atoms with Gasteiger partial charge in [0.2, 0.25) is 10.0 Å². The van der Waals surface area contributed by atoms with Crippen molar-refractivity contribution in [2.75, 3.05) is 13.2 Å². The van der Waals surface area contributed by atoms with E-state index < -0.39 is 15.8 Å². The molecule has 1 aliphatic heterocycles. The smallest absolute Gasteiger partial charge is 0.244 e. The van der Waals surface area contributed by atoms with Crippen molar-refractivity contribution in [1.29, 1.82) is 0 Å². The Hall–Kier alpha value is -0.960. The molecule has 112 valence electrons. The quantitative estimate of drug-likeness (QED) is 0.856. The molecule has 0 unspecified atom stereocenters. The Kier molecular flexibility index (Phi) is 3.57. The van der Waals surface area contributed by atoms with E-state index in [4.69, 9.17) is 9.47 Å². The molecular weight excluding hydrogens is 282 g/mol. The van der Waals surface area contributed by atoms with Crippen molar-refractivity contribution in [3.05, 3.63) is 11.9 Å². The highest BCUT2D eigenvalue weighted by atomic mass is 32.2. The molecule has 0 amide bonds. The van der Waals surface area contributed by atoms with Crippen molar-refractivity contribution in [2.45, 2.75) is 49.3 Å². The molecular formula is C12H19N3O4S. The summed E-state index contributed by atoms with van der Waals surface area (Å²) in [4.78, 5) is 0.214. The Morgan fingerprint density at radius 2 is 2.00 bits per heavy atom. The summed E-state index contributed by atoms with van der Waals surface area (Å²) in [5.74, 6) is -0.465. The molecule has 0 radical (unpaired) electrons. The summed E-state index contributed by atoms with van der Waals surface area (Å²) >= 11 is 0. The highest BCUT2D eigenvalue weighted by Gasteiger charge is 2.41. The van der Waals surface area contributed by atoms with E-state index in [-0.39, 0.29) is 10.9 Å². The van der Waals surface area contributed by atoms with Gasteiger partial charge in [-0.15, -0.1) is 0 Å². The predicted octanol–water partition coefficient (Wildman–Crippen LogP) is 0.682. The average Bonchev–Trinajstić information content (AvgIpc) is 3.02. The third-order valence-electron chi connectivity index (χ3n) is 3.96. The van der Waals surface area contributed by atoms with Crippen LogP contribution in [0.4, 0.5) is 0 Å². The van der Waals surface area contributed by atoms with Gasteiger partial charge in [-0.3, -0.25) is 5.10 Å². The number of ether oxygens (including phenoxy) is 2. The van der Waals surface area contributed by atoms with E-state index in [9.17, 15) is 8.42 Å². The molecule has 1 spiro atoms. The summed E-state index contributed by atoms with van der Waals surface area (Å²) in [5.41, 5.74) is 0.548. The van der Waals surface area contributed by atoms with Gasteiger partial charge >= 0.3 is 0 Å². The van der Waals surface area contributed by atoms with Crippen LogP contribution < -0.4 is 4.72 Å². The number of hydrogen-bond donors (Lipinski definition) is 2. The van der Waals surface area contributed by atoms with Gasteiger partial charge < -0.3 is 9.47 Å². The van der Waals surface area contributed by atoms with Crippen LogP contribution in [0.25, 0.3) is 0 Å². The van der Waals surface area contributed by atoms with E-state index in [0.29, 0.717) is 18.9 Å².